The molecule has 3 amide bonds. The van der Waals surface area contributed by atoms with Crippen molar-refractivity contribution in [2.24, 2.45) is 10.9 Å². The van der Waals surface area contributed by atoms with Gasteiger partial charge in [0, 0.05) is 38.8 Å². The van der Waals surface area contributed by atoms with E-state index in [0.717, 1.165) is 0 Å². The molecule has 4 rings (SSSR count). The zero-order chi connectivity index (χ0) is 38.4. The molecule has 0 saturated heterocycles. The van der Waals surface area contributed by atoms with Gasteiger partial charge in [-0.15, -0.1) is 0 Å². The largest absolute Gasteiger partial charge is 0.491 e. The average molecular weight is 739 g/mol. The minimum atomic E-state index is -3.99. The summed E-state index contributed by atoms with van der Waals surface area (Å²) >= 11 is 0. The van der Waals surface area contributed by atoms with Gasteiger partial charge in [-0.25, -0.2) is 23.3 Å². The Labute approximate surface area is 302 Å². The number of sulfonamides is 1. The Kier molecular flexibility index (Phi) is 12.2. The minimum absolute atomic E-state index is 0.116. The van der Waals surface area contributed by atoms with E-state index < -0.39 is 33.5 Å². The molecule has 18 heteroatoms. The van der Waals surface area contributed by atoms with Gasteiger partial charge in [-0.2, -0.15) is 5.10 Å². The number of nitrogens with two attached hydrogens (primary N) is 3. The molecule has 2 aromatic heterocycles. The third-order valence-corrected chi connectivity index (χ3v) is 8.49. The molecule has 280 valence electrons. The van der Waals surface area contributed by atoms with Gasteiger partial charge in [-0.1, -0.05) is 12.2 Å². The summed E-state index contributed by atoms with van der Waals surface area (Å²) in [4.78, 5) is 43.4. The number of carbonyl (C=O) groups is 3. The molecule has 0 aliphatic carbocycles. The molecule has 8 N–H and O–H groups in total. The number of carbonyl (C=O) groups excluding carboxylic acids is 3. The van der Waals surface area contributed by atoms with Crippen LogP contribution in [-0.2, 0) is 27.8 Å². The van der Waals surface area contributed by atoms with Crippen molar-refractivity contribution < 1.29 is 32.3 Å². The van der Waals surface area contributed by atoms with Crippen molar-refractivity contribution in [1.29, 1.82) is 0 Å². The normalized spacial score (nSPS) is 11.9. The quantitative estimate of drug-likeness (QED) is 0.0672. The Morgan fingerprint density at radius 1 is 1.10 bits per heavy atom. The van der Waals surface area contributed by atoms with Gasteiger partial charge < -0.3 is 35.7 Å². The fourth-order valence-electron chi connectivity index (χ4n) is 5.12. The summed E-state index contributed by atoms with van der Waals surface area (Å²) in [6.45, 7) is 10.6. The lowest BCUT2D eigenvalue weighted by Crippen LogP contribution is -2.35. The van der Waals surface area contributed by atoms with Crippen LogP contribution in [0.4, 0.5) is 22.1 Å². The number of allylic oxidation sites excluding steroid dienone is 1. The summed E-state index contributed by atoms with van der Waals surface area (Å²) in [6.07, 6.45) is 3.64. The van der Waals surface area contributed by atoms with Crippen molar-refractivity contribution in [3.05, 3.63) is 65.5 Å². The number of nitrogens with zero attached hydrogens (tertiary/aromatic N) is 5. The van der Waals surface area contributed by atoms with E-state index in [2.05, 4.69) is 20.7 Å². The van der Waals surface area contributed by atoms with Crippen LogP contribution in [0, 0.1) is 6.92 Å². The highest BCUT2D eigenvalue weighted by molar-refractivity contribution is 7.89. The Bertz CT molecular complexity index is 2100. The maximum Gasteiger partial charge on any atom is 0.410 e. The van der Waals surface area contributed by atoms with Crippen molar-refractivity contribution >= 4 is 56.3 Å². The SMILES string of the molecule is CCn1nc(C)cc1C(=O)Nc1nc2cc(S(N)(=O)=O)ccc2n1C/C=C/CNc1c(N)cc(C(N)=O)cc1OCCCN(C)C(=O)OC(C)(C)C. The van der Waals surface area contributed by atoms with Crippen molar-refractivity contribution in [3.63, 3.8) is 0 Å². The van der Waals surface area contributed by atoms with E-state index in [1.165, 1.54) is 29.2 Å². The number of ether oxygens (including phenoxy) is 2. The van der Waals surface area contributed by atoms with Crippen molar-refractivity contribution in [2.75, 3.05) is 43.1 Å². The molecule has 0 fully saturated rings. The van der Waals surface area contributed by atoms with Gasteiger partial charge in [0.25, 0.3) is 5.91 Å². The predicted octanol–water partition coefficient (Wildman–Crippen LogP) is 3.45. The van der Waals surface area contributed by atoms with Gasteiger partial charge in [-0.05, 0) is 77.4 Å². The molecule has 17 nitrogen and oxygen atoms in total. The molecule has 4 aromatic rings. The Morgan fingerprint density at radius 2 is 1.83 bits per heavy atom. The Hall–Kier alpha value is -5.62. The first-order chi connectivity index (χ1) is 24.4. The summed E-state index contributed by atoms with van der Waals surface area (Å²) in [5.41, 5.74) is 13.9. The molecule has 0 radical (unpaired) electrons. The van der Waals surface area contributed by atoms with Crippen LogP contribution in [0.15, 0.2) is 53.4 Å². The number of hydrogen-bond donors (Lipinski definition) is 5. The topological polar surface area (TPSA) is 245 Å². The minimum Gasteiger partial charge on any atom is -0.491 e. The van der Waals surface area contributed by atoms with Crippen LogP contribution in [0.1, 0.15) is 60.7 Å². The number of aryl methyl sites for hydroxylation is 2. The molecule has 0 saturated carbocycles. The summed E-state index contributed by atoms with van der Waals surface area (Å²) in [6, 6.07) is 8.90. The summed E-state index contributed by atoms with van der Waals surface area (Å²) < 4.78 is 38.7. The monoisotopic (exact) mass is 738 g/mol. The molecule has 0 atom stereocenters. The third kappa shape index (κ3) is 10.0. The molecule has 2 aromatic carbocycles. The highest BCUT2D eigenvalue weighted by Gasteiger charge is 2.21. The van der Waals surface area contributed by atoms with E-state index in [9.17, 15) is 22.8 Å². The van der Waals surface area contributed by atoms with Gasteiger partial charge in [0.2, 0.25) is 21.9 Å². The molecule has 2 heterocycles. The van der Waals surface area contributed by atoms with Crippen LogP contribution in [0.5, 0.6) is 5.75 Å². The van der Waals surface area contributed by atoms with Gasteiger partial charge >= 0.3 is 6.09 Å². The highest BCUT2D eigenvalue weighted by Crippen LogP contribution is 2.33. The van der Waals surface area contributed by atoms with Gasteiger partial charge in [-0.3, -0.25) is 19.6 Å². The lowest BCUT2D eigenvalue weighted by atomic mass is 10.1. The van der Waals surface area contributed by atoms with E-state index in [1.807, 2.05) is 19.1 Å². The number of benzene rings is 2. The number of primary sulfonamides is 1. The second-order valence-corrected chi connectivity index (χ2v) is 14.5. The number of aromatic nitrogens is 4. The number of imidazole rings is 1. The number of hydrogen-bond acceptors (Lipinski definition) is 11. The van der Waals surface area contributed by atoms with Gasteiger partial charge in [0.15, 0.2) is 0 Å². The smallest absolute Gasteiger partial charge is 0.410 e. The maximum absolute atomic E-state index is 13.3. The predicted molar refractivity (Wildman–Crippen MR) is 198 cm³/mol. The molecule has 52 heavy (non-hydrogen) atoms. The molecule has 0 spiro atoms. The first kappa shape index (κ1) is 39.2. The summed E-state index contributed by atoms with van der Waals surface area (Å²) in [5, 5.41) is 15.7. The highest BCUT2D eigenvalue weighted by atomic mass is 32.2. The zero-order valence-corrected chi connectivity index (χ0v) is 30.9. The maximum atomic E-state index is 13.3. The first-order valence-electron chi connectivity index (χ1n) is 16.5. The fourth-order valence-corrected chi connectivity index (χ4v) is 5.66. The van der Waals surface area contributed by atoms with Crippen LogP contribution >= 0.6 is 0 Å². The molecular weight excluding hydrogens is 693 g/mol. The number of amides is 3. The molecule has 0 aliphatic heterocycles. The van der Waals surface area contributed by atoms with Crippen molar-refractivity contribution in [3.8, 4) is 5.75 Å². The van der Waals surface area contributed by atoms with E-state index >= 15 is 0 Å². The lowest BCUT2D eigenvalue weighted by Gasteiger charge is -2.24. The van der Waals surface area contributed by atoms with Gasteiger partial charge in [0.05, 0.1) is 33.9 Å². The van der Waals surface area contributed by atoms with Gasteiger partial charge in [0.1, 0.15) is 22.7 Å². The van der Waals surface area contributed by atoms with Crippen LogP contribution in [0.25, 0.3) is 11.0 Å². The Balaban J connectivity index is 1.50. The zero-order valence-electron chi connectivity index (χ0n) is 30.1. The van der Waals surface area contributed by atoms with E-state index in [4.69, 9.17) is 26.1 Å². The van der Waals surface area contributed by atoms with Crippen molar-refractivity contribution in [1.82, 2.24) is 24.2 Å². The number of nitrogens with one attached hydrogen (secondary N) is 2. The second-order valence-electron chi connectivity index (χ2n) is 12.9. The lowest BCUT2D eigenvalue weighted by molar-refractivity contribution is 0.0291. The third-order valence-electron chi connectivity index (χ3n) is 7.58. The van der Waals surface area contributed by atoms with E-state index in [-0.39, 0.29) is 41.8 Å². The van der Waals surface area contributed by atoms with Crippen molar-refractivity contribution in [2.45, 2.75) is 64.6 Å². The summed E-state index contributed by atoms with van der Waals surface area (Å²) in [5.74, 6) is -0.617. The summed E-state index contributed by atoms with van der Waals surface area (Å²) in [7, 11) is -2.36. The molecule has 0 bridgehead atoms. The average Bonchev–Trinajstić information content (AvgIpc) is 3.60. The molecule has 0 unspecified atom stereocenters. The standard InChI is InChI=1S/C34H46N10O7S/c1-7-44-27(17-21(2)41-44)31(46)40-32-39-25-20-23(52(37,48)49)11-12-26(25)43(32)15-9-8-13-38-29-24(35)18-22(30(36)45)19-28(29)50-16-10-14-42(6)33(47)51-34(3,4)5/h8-9,11-12,17-20,38H,7,10,13-16,35H2,1-6H3,(H2,36,45)(H2,37,48,49)(H,39,40,46)/b9-8+. The fraction of sp³-hybridized carbons (Fsp3) is 0.382. The number of primary amides is 1. The van der Waals surface area contributed by atoms with E-state index in [0.29, 0.717) is 53.4 Å². The van der Waals surface area contributed by atoms with Crippen LogP contribution < -0.4 is 32.0 Å². The number of nitrogen functional groups attached to an aromatic ring is 1. The first-order valence-corrected chi connectivity index (χ1v) is 18.0. The second kappa shape index (κ2) is 16.2. The van der Waals surface area contributed by atoms with Crippen LogP contribution in [-0.4, -0.2) is 82.9 Å². The van der Waals surface area contributed by atoms with E-state index in [1.54, 1.807) is 56.1 Å². The van der Waals surface area contributed by atoms with Crippen LogP contribution in [0.3, 0.4) is 0 Å². The number of rotatable bonds is 15. The van der Waals surface area contributed by atoms with Crippen LogP contribution in [0.2, 0.25) is 0 Å². The number of fused-ring (bicyclic) bond motifs is 1. The molecular formula is C34H46N10O7S. The molecule has 0 aliphatic rings. The Morgan fingerprint density at radius 3 is 2.48 bits per heavy atom. The number of anilines is 3.